The van der Waals surface area contributed by atoms with E-state index in [1.54, 1.807) is 0 Å². The van der Waals surface area contributed by atoms with E-state index in [2.05, 4.69) is 61.4 Å². The summed E-state index contributed by atoms with van der Waals surface area (Å²) in [6.07, 6.45) is 4.64. The molecule has 3 nitrogen and oxygen atoms in total. The van der Waals surface area contributed by atoms with Crippen LogP contribution in [0.3, 0.4) is 0 Å². The molecule has 0 saturated heterocycles. The Morgan fingerprint density at radius 1 is 1.24 bits per heavy atom. The first-order valence-corrected chi connectivity index (χ1v) is 7.45. The van der Waals surface area contributed by atoms with Crippen LogP contribution in [0, 0.1) is 6.92 Å². The number of aryl methyl sites for hydroxylation is 1. The van der Waals surface area contributed by atoms with Crippen LogP contribution in [0.4, 0.5) is 0 Å². The first kappa shape index (κ1) is 14.1. The molecule has 1 aliphatic rings. The number of fused-ring (bicyclic) bond motifs is 1. The molecule has 0 spiro atoms. The van der Waals surface area contributed by atoms with Crippen LogP contribution >= 0.6 is 0 Å². The number of ether oxygens (including phenoxy) is 1. The van der Waals surface area contributed by atoms with Gasteiger partial charge in [0.1, 0.15) is 11.4 Å². The largest absolute Gasteiger partial charge is 0.487 e. The van der Waals surface area contributed by atoms with Crippen LogP contribution in [0.2, 0.25) is 0 Å². The van der Waals surface area contributed by atoms with E-state index in [0.29, 0.717) is 6.04 Å². The molecule has 1 atom stereocenters. The fourth-order valence-corrected chi connectivity index (χ4v) is 2.90. The molecular formula is C18H22N2O. The number of benzene rings is 1. The maximum Gasteiger partial charge on any atom is 0.124 e. The van der Waals surface area contributed by atoms with E-state index in [4.69, 9.17) is 4.74 Å². The highest BCUT2D eigenvalue weighted by atomic mass is 16.5. The molecule has 1 unspecified atom stereocenters. The lowest BCUT2D eigenvalue weighted by Crippen LogP contribution is -2.39. The number of rotatable bonds is 3. The van der Waals surface area contributed by atoms with E-state index >= 15 is 0 Å². The summed E-state index contributed by atoms with van der Waals surface area (Å²) in [5.41, 5.74) is 3.65. The molecule has 21 heavy (non-hydrogen) atoms. The van der Waals surface area contributed by atoms with Gasteiger partial charge in [0.25, 0.3) is 0 Å². The number of hydrogen-bond donors (Lipinski definition) is 1. The molecule has 3 heteroatoms. The van der Waals surface area contributed by atoms with Gasteiger partial charge in [0.05, 0.1) is 0 Å². The first-order chi connectivity index (χ1) is 10.0. The van der Waals surface area contributed by atoms with Gasteiger partial charge in [-0.25, -0.2) is 0 Å². The second kappa shape index (κ2) is 5.49. The zero-order valence-electron chi connectivity index (χ0n) is 12.9. The number of nitrogens with one attached hydrogen (secondary N) is 1. The van der Waals surface area contributed by atoms with Crippen molar-refractivity contribution < 1.29 is 4.74 Å². The zero-order valence-corrected chi connectivity index (χ0v) is 12.9. The van der Waals surface area contributed by atoms with E-state index in [1.165, 1.54) is 16.7 Å². The van der Waals surface area contributed by atoms with Gasteiger partial charge in [0.2, 0.25) is 0 Å². The number of aromatic nitrogens is 1. The molecule has 0 saturated carbocycles. The van der Waals surface area contributed by atoms with Gasteiger partial charge in [0, 0.05) is 37.0 Å². The molecule has 0 radical (unpaired) electrons. The Morgan fingerprint density at radius 2 is 2.00 bits per heavy atom. The Kier molecular flexibility index (Phi) is 3.68. The minimum atomic E-state index is -0.141. The van der Waals surface area contributed by atoms with E-state index in [9.17, 15) is 0 Å². The monoisotopic (exact) mass is 282 g/mol. The summed E-state index contributed by atoms with van der Waals surface area (Å²) in [5.74, 6) is 1.00. The SMILES string of the molecule is Cc1ccc2c(c1)C(NCc1ccncc1)CC(C)(C)O2. The lowest BCUT2D eigenvalue weighted by Gasteiger charge is -2.38. The van der Waals surface area contributed by atoms with E-state index < -0.39 is 0 Å². The van der Waals surface area contributed by atoms with Crippen molar-refractivity contribution in [2.45, 2.75) is 45.4 Å². The maximum atomic E-state index is 6.11. The second-order valence-corrected chi connectivity index (χ2v) is 6.40. The zero-order chi connectivity index (χ0) is 14.9. The van der Waals surface area contributed by atoms with Crippen molar-refractivity contribution in [3.8, 4) is 5.75 Å². The van der Waals surface area contributed by atoms with Crippen molar-refractivity contribution in [3.63, 3.8) is 0 Å². The molecule has 110 valence electrons. The van der Waals surface area contributed by atoms with Crippen molar-refractivity contribution in [3.05, 3.63) is 59.4 Å². The van der Waals surface area contributed by atoms with Gasteiger partial charge in [-0.2, -0.15) is 0 Å². The van der Waals surface area contributed by atoms with Crippen LogP contribution in [0.25, 0.3) is 0 Å². The summed E-state index contributed by atoms with van der Waals surface area (Å²) in [7, 11) is 0. The molecule has 0 fully saturated rings. The Labute approximate surface area is 126 Å². The van der Waals surface area contributed by atoms with Gasteiger partial charge >= 0.3 is 0 Å². The lowest BCUT2D eigenvalue weighted by atomic mass is 9.89. The van der Waals surface area contributed by atoms with Crippen LogP contribution in [0.1, 0.15) is 43.0 Å². The third-order valence-corrected chi connectivity index (χ3v) is 3.92. The summed E-state index contributed by atoms with van der Waals surface area (Å²) in [6, 6.07) is 10.8. The molecule has 0 amide bonds. The van der Waals surface area contributed by atoms with E-state index in [0.717, 1.165) is 18.7 Å². The van der Waals surface area contributed by atoms with Crippen molar-refractivity contribution in [1.82, 2.24) is 10.3 Å². The van der Waals surface area contributed by atoms with Gasteiger partial charge in [-0.15, -0.1) is 0 Å². The minimum Gasteiger partial charge on any atom is -0.487 e. The highest BCUT2D eigenvalue weighted by Gasteiger charge is 2.33. The molecule has 2 aromatic rings. The summed E-state index contributed by atoms with van der Waals surface area (Å²) in [5, 5.41) is 3.67. The summed E-state index contributed by atoms with van der Waals surface area (Å²) in [6.45, 7) is 7.27. The Balaban J connectivity index is 1.82. The van der Waals surface area contributed by atoms with Gasteiger partial charge in [-0.1, -0.05) is 17.7 Å². The topological polar surface area (TPSA) is 34.2 Å². The second-order valence-electron chi connectivity index (χ2n) is 6.40. The third kappa shape index (κ3) is 3.24. The van der Waals surface area contributed by atoms with Gasteiger partial charge in [-0.05, 0) is 44.5 Å². The maximum absolute atomic E-state index is 6.11. The molecule has 0 bridgehead atoms. The molecule has 3 rings (SSSR count). The molecule has 0 aliphatic carbocycles. The molecule has 2 heterocycles. The molecule has 1 aromatic heterocycles. The molecule has 1 aromatic carbocycles. The van der Waals surface area contributed by atoms with E-state index in [-0.39, 0.29) is 5.60 Å². The Hall–Kier alpha value is -1.87. The minimum absolute atomic E-state index is 0.141. The van der Waals surface area contributed by atoms with Crippen LogP contribution in [-0.4, -0.2) is 10.6 Å². The predicted octanol–water partition coefficient (Wildman–Crippen LogP) is 3.78. The van der Waals surface area contributed by atoms with Gasteiger partial charge in [0.15, 0.2) is 0 Å². The average Bonchev–Trinajstić information content (AvgIpc) is 2.46. The molecule has 1 N–H and O–H groups in total. The molecular weight excluding hydrogens is 260 g/mol. The van der Waals surface area contributed by atoms with Crippen molar-refractivity contribution >= 4 is 0 Å². The summed E-state index contributed by atoms with van der Waals surface area (Å²) in [4.78, 5) is 4.06. The first-order valence-electron chi connectivity index (χ1n) is 7.45. The highest BCUT2D eigenvalue weighted by Crippen LogP contribution is 2.39. The van der Waals surface area contributed by atoms with Crippen LogP contribution in [-0.2, 0) is 6.54 Å². The highest BCUT2D eigenvalue weighted by molar-refractivity contribution is 5.41. The standard InChI is InChI=1S/C18H22N2O/c1-13-4-5-17-15(10-13)16(11-18(2,3)21-17)20-12-14-6-8-19-9-7-14/h4-10,16,20H,11-12H2,1-3H3. The summed E-state index contributed by atoms with van der Waals surface area (Å²) >= 11 is 0. The summed E-state index contributed by atoms with van der Waals surface area (Å²) < 4.78 is 6.11. The normalized spacial score (nSPS) is 19.7. The number of pyridine rings is 1. The van der Waals surface area contributed by atoms with E-state index in [1.807, 2.05) is 12.4 Å². The van der Waals surface area contributed by atoms with Crippen molar-refractivity contribution in [1.29, 1.82) is 0 Å². The predicted molar refractivity (Wildman–Crippen MR) is 84.3 cm³/mol. The smallest absolute Gasteiger partial charge is 0.124 e. The Morgan fingerprint density at radius 3 is 2.76 bits per heavy atom. The van der Waals surface area contributed by atoms with Crippen molar-refractivity contribution in [2.24, 2.45) is 0 Å². The van der Waals surface area contributed by atoms with Gasteiger partial charge in [-0.3, -0.25) is 4.98 Å². The Bertz CT molecular complexity index is 622. The quantitative estimate of drug-likeness (QED) is 0.930. The van der Waals surface area contributed by atoms with Gasteiger partial charge < -0.3 is 10.1 Å². The number of hydrogen-bond acceptors (Lipinski definition) is 3. The van der Waals surface area contributed by atoms with Crippen molar-refractivity contribution in [2.75, 3.05) is 0 Å². The van der Waals surface area contributed by atoms with Crippen LogP contribution in [0.5, 0.6) is 5.75 Å². The number of nitrogens with zero attached hydrogens (tertiary/aromatic N) is 1. The van der Waals surface area contributed by atoms with Crippen LogP contribution in [0.15, 0.2) is 42.7 Å². The lowest BCUT2D eigenvalue weighted by molar-refractivity contribution is 0.0657. The average molecular weight is 282 g/mol. The molecule has 1 aliphatic heterocycles. The third-order valence-electron chi connectivity index (χ3n) is 3.92. The fourth-order valence-electron chi connectivity index (χ4n) is 2.90. The van der Waals surface area contributed by atoms with Crippen LogP contribution < -0.4 is 10.1 Å². The fraction of sp³-hybridized carbons (Fsp3) is 0.389.